The number of ether oxygens (including phenoxy) is 2. The second kappa shape index (κ2) is 76.7. The largest absolute Gasteiger partial charge is 0.472 e. The molecule has 0 bridgehead atoms. The van der Waals surface area contributed by atoms with Crippen LogP contribution in [-0.2, 0) is 32.7 Å². The van der Waals surface area contributed by atoms with Crippen molar-refractivity contribution in [1.29, 1.82) is 0 Å². The summed E-state index contributed by atoms with van der Waals surface area (Å²) >= 11 is 0. The van der Waals surface area contributed by atoms with Crippen molar-refractivity contribution < 1.29 is 37.6 Å². The quantitative estimate of drug-likeness (QED) is 0.0264. The number of carbonyl (C=O) groups is 2. The lowest BCUT2D eigenvalue weighted by atomic mass is 10.0. The SMILES string of the molecule is CC/C=C\C/C=C\C/C=C\C/C=C\C/C=C\CCCCCCCCCCCCCCCCCCCCCCCCCC(=O)OC(COC(=O)CCCCCCCCCCCCCCCCCCCCCCCCCCCCCCCCC)COP(=O)(O)OCCN. The maximum absolute atomic E-state index is 12.8. The monoisotopic (exact) mass is 1300 g/mol. The first kappa shape index (κ1) is 88.7. The molecular weight excluding hydrogens is 1150 g/mol. The number of allylic oxidation sites excluding steroid dienone is 10. The summed E-state index contributed by atoms with van der Waals surface area (Å²) in [6.07, 6.45) is 101. The molecule has 0 aromatic carbocycles. The van der Waals surface area contributed by atoms with Crippen molar-refractivity contribution in [3.63, 3.8) is 0 Å². The molecule has 0 saturated heterocycles. The Kier molecular flexibility index (Phi) is 74.8. The van der Waals surface area contributed by atoms with Gasteiger partial charge in [0.2, 0.25) is 0 Å². The van der Waals surface area contributed by atoms with E-state index in [-0.39, 0.29) is 38.6 Å². The number of nitrogens with two attached hydrogens (primary N) is 1. The molecule has 3 N–H and O–H groups in total. The first-order chi connectivity index (χ1) is 44.8. The fourth-order valence-electron chi connectivity index (χ4n) is 12.1. The smallest absolute Gasteiger partial charge is 0.462 e. The van der Waals surface area contributed by atoms with E-state index in [4.69, 9.17) is 24.3 Å². The van der Waals surface area contributed by atoms with E-state index in [1.54, 1.807) is 0 Å². The fraction of sp³-hybridized carbons (Fsp3) is 0.852. The van der Waals surface area contributed by atoms with Gasteiger partial charge in [0.05, 0.1) is 13.2 Å². The highest BCUT2D eigenvalue weighted by molar-refractivity contribution is 7.47. The van der Waals surface area contributed by atoms with Crippen molar-refractivity contribution in [3.05, 3.63) is 60.8 Å². The Morgan fingerprint density at radius 1 is 0.341 bits per heavy atom. The lowest BCUT2D eigenvalue weighted by Crippen LogP contribution is -2.29. The molecule has 0 saturated carbocycles. The van der Waals surface area contributed by atoms with Gasteiger partial charge in [-0.25, -0.2) is 4.57 Å². The number of unbranched alkanes of at least 4 members (excludes halogenated alkanes) is 53. The van der Waals surface area contributed by atoms with Crippen LogP contribution in [0, 0.1) is 0 Å². The molecule has 0 aliphatic rings. The molecule has 0 aromatic rings. The number of phosphoric ester groups is 1. The molecule has 0 amide bonds. The molecule has 0 fully saturated rings. The van der Waals surface area contributed by atoms with Gasteiger partial charge in [-0.15, -0.1) is 0 Å². The van der Waals surface area contributed by atoms with Gasteiger partial charge in [0.1, 0.15) is 6.61 Å². The molecule has 10 heteroatoms. The second-order valence-electron chi connectivity index (χ2n) is 26.9. The molecule has 2 unspecified atom stereocenters. The molecular formula is C81H152NO8P. The third-order valence-electron chi connectivity index (χ3n) is 17.9. The van der Waals surface area contributed by atoms with Crippen LogP contribution in [0.2, 0.25) is 0 Å². The van der Waals surface area contributed by atoms with E-state index in [1.807, 2.05) is 0 Å². The predicted octanol–water partition coefficient (Wildman–Crippen LogP) is 26.5. The molecule has 91 heavy (non-hydrogen) atoms. The average molecular weight is 1300 g/mol. The topological polar surface area (TPSA) is 134 Å². The number of carbonyl (C=O) groups excluding carboxylic acids is 2. The molecule has 0 aliphatic heterocycles. The summed E-state index contributed by atoms with van der Waals surface area (Å²) in [5.41, 5.74) is 5.42. The predicted molar refractivity (Wildman–Crippen MR) is 395 cm³/mol. The van der Waals surface area contributed by atoms with Gasteiger partial charge >= 0.3 is 19.8 Å². The minimum absolute atomic E-state index is 0.0560. The number of esters is 2. The molecule has 534 valence electrons. The normalized spacial score (nSPS) is 13.1. The third kappa shape index (κ3) is 76.6. The summed E-state index contributed by atoms with van der Waals surface area (Å²) in [5, 5.41) is 0. The molecule has 9 nitrogen and oxygen atoms in total. The minimum atomic E-state index is -4.39. The average Bonchev–Trinajstić information content (AvgIpc) is 3.71. The maximum atomic E-state index is 12.8. The Balaban J connectivity index is 3.75. The highest BCUT2D eigenvalue weighted by Crippen LogP contribution is 2.43. The van der Waals surface area contributed by atoms with Crippen LogP contribution in [0.1, 0.15) is 412 Å². The van der Waals surface area contributed by atoms with Crippen molar-refractivity contribution in [2.75, 3.05) is 26.4 Å². The van der Waals surface area contributed by atoms with Crippen LogP contribution in [0.15, 0.2) is 60.8 Å². The lowest BCUT2D eigenvalue weighted by molar-refractivity contribution is -0.161. The minimum Gasteiger partial charge on any atom is -0.462 e. The Labute approximate surface area is 565 Å². The van der Waals surface area contributed by atoms with E-state index in [0.717, 1.165) is 64.2 Å². The van der Waals surface area contributed by atoms with Crippen molar-refractivity contribution in [3.8, 4) is 0 Å². The van der Waals surface area contributed by atoms with Gasteiger partial charge < -0.3 is 20.1 Å². The number of phosphoric acid groups is 1. The van der Waals surface area contributed by atoms with Gasteiger partial charge in [-0.1, -0.05) is 402 Å². The van der Waals surface area contributed by atoms with E-state index in [0.29, 0.717) is 6.42 Å². The Morgan fingerprint density at radius 3 is 0.901 bits per heavy atom. The number of hydrogen-bond acceptors (Lipinski definition) is 8. The summed E-state index contributed by atoms with van der Waals surface area (Å²) in [7, 11) is -4.39. The summed E-state index contributed by atoms with van der Waals surface area (Å²) in [6, 6.07) is 0. The second-order valence-corrected chi connectivity index (χ2v) is 28.4. The number of hydrogen-bond donors (Lipinski definition) is 2. The molecule has 2 atom stereocenters. The van der Waals surface area contributed by atoms with Gasteiger partial charge in [0.15, 0.2) is 6.10 Å². The van der Waals surface area contributed by atoms with Gasteiger partial charge in [0.25, 0.3) is 0 Å². The molecule has 0 aliphatic carbocycles. The standard InChI is InChI=1S/C81H152NO8P/c1-3-5-7-9-11-13-15-17-19-21-23-25-27-29-31-33-35-36-37-38-39-40-41-42-44-46-48-50-52-54-56-58-60-62-64-66-68-70-72-74-81(84)90-79(78-89-91(85,86)88-76-75-82)77-87-80(83)73-71-69-67-65-63-61-59-57-55-53-51-49-47-45-43-34-32-30-28-26-24-22-20-18-16-14-12-10-8-6-4-2/h5,7,11,13,17,19,23,25,29,31,79H,3-4,6,8-10,12,14-16,18,20-22,24,26-28,30,32-78,82H2,1-2H3,(H,85,86)/b7-5-,13-11-,19-17-,25-23-,31-29-. The van der Waals surface area contributed by atoms with Crippen LogP contribution in [-0.4, -0.2) is 49.3 Å². The van der Waals surface area contributed by atoms with Crippen molar-refractivity contribution >= 4 is 19.8 Å². The first-order valence-corrected chi connectivity index (χ1v) is 41.3. The van der Waals surface area contributed by atoms with Gasteiger partial charge in [-0.05, 0) is 57.8 Å². The first-order valence-electron chi connectivity index (χ1n) is 39.8. The van der Waals surface area contributed by atoms with Crippen LogP contribution in [0.25, 0.3) is 0 Å². The van der Waals surface area contributed by atoms with Crippen LogP contribution in [0.3, 0.4) is 0 Å². The van der Waals surface area contributed by atoms with E-state index < -0.39 is 26.5 Å². The van der Waals surface area contributed by atoms with E-state index in [9.17, 15) is 19.0 Å². The zero-order valence-electron chi connectivity index (χ0n) is 60.3. The Hall–Kier alpha value is -2.29. The van der Waals surface area contributed by atoms with Crippen LogP contribution in [0.5, 0.6) is 0 Å². The highest BCUT2D eigenvalue weighted by atomic mass is 31.2. The Morgan fingerprint density at radius 2 is 0.604 bits per heavy atom. The van der Waals surface area contributed by atoms with Crippen molar-refractivity contribution in [1.82, 2.24) is 0 Å². The van der Waals surface area contributed by atoms with Crippen LogP contribution < -0.4 is 5.73 Å². The zero-order chi connectivity index (χ0) is 65.8. The van der Waals surface area contributed by atoms with Crippen molar-refractivity contribution in [2.24, 2.45) is 5.73 Å². The summed E-state index contributed by atoms with van der Waals surface area (Å²) < 4.78 is 33.3. The van der Waals surface area contributed by atoms with Gasteiger partial charge in [-0.3, -0.25) is 18.6 Å². The van der Waals surface area contributed by atoms with E-state index in [2.05, 4.69) is 74.6 Å². The molecule has 0 heterocycles. The zero-order valence-corrected chi connectivity index (χ0v) is 61.2. The molecule has 0 spiro atoms. The van der Waals surface area contributed by atoms with E-state index >= 15 is 0 Å². The third-order valence-corrected chi connectivity index (χ3v) is 18.9. The fourth-order valence-corrected chi connectivity index (χ4v) is 12.8. The molecule has 0 radical (unpaired) electrons. The summed E-state index contributed by atoms with van der Waals surface area (Å²) in [4.78, 5) is 35.5. The van der Waals surface area contributed by atoms with Crippen LogP contribution >= 0.6 is 7.82 Å². The van der Waals surface area contributed by atoms with E-state index in [1.165, 1.54) is 315 Å². The molecule has 0 rings (SSSR count). The highest BCUT2D eigenvalue weighted by Gasteiger charge is 2.26. The summed E-state index contributed by atoms with van der Waals surface area (Å²) in [5.74, 6) is -0.802. The molecule has 0 aromatic heterocycles. The summed E-state index contributed by atoms with van der Waals surface area (Å²) in [6.45, 7) is 3.71. The Bertz CT molecular complexity index is 1680. The van der Waals surface area contributed by atoms with Crippen LogP contribution in [0.4, 0.5) is 0 Å². The number of rotatable bonds is 76. The van der Waals surface area contributed by atoms with Gasteiger partial charge in [0, 0.05) is 19.4 Å². The maximum Gasteiger partial charge on any atom is 0.472 e. The van der Waals surface area contributed by atoms with Crippen molar-refractivity contribution in [2.45, 2.75) is 418 Å². The lowest BCUT2D eigenvalue weighted by Gasteiger charge is -2.19. The van der Waals surface area contributed by atoms with Gasteiger partial charge in [-0.2, -0.15) is 0 Å².